The Morgan fingerprint density at radius 1 is 1.14 bits per heavy atom. The quantitative estimate of drug-likeness (QED) is 0.630. The number of halogens is 1. The van der Waals surface area contributed by atoms with Gasteiger partial charge in [0, 0.05) is 18.2 Å². The average molecular weight is 411 g/mol. The molecule has 0 N–H and O–H groups in total. The molecule has 1 saturated heterocycles. The Balaban J connectivity index is 1.80. The molecule has 7 heteroatoms. The largest absolute Gasteiger partial charge is 0.497 e. The van der Waals surface area contributed by atoms with Gasteiger partial charge < -0.3 is 9.64 Å². The maximum absolute atomic E-state index is 13.2. The molecule has 0 aliphatic carbocycles. The number of ether oxygens (including phenoxy) is 1. The smallest absolute Gasteiger partial charge is 0.293 e. The molecule has 29 heavy (non-hydrogen) atoms. The van der Waals surface area contributed by atoms with Crippen molar-refractivity contribution in [2.75, 3.05) is 13.7 Å². The first-order valence-corrected chi connectivity index (χ1v) is 10.1. The predicted molar refractivity (Wildman–Crippen MR) is 113 cm³/mol. The molecule has 0 bridgehead atoms. The number of carbonyl (C=O) groups excluding carboxylic acids is 1. The van der Waals surface area contributed by atoms with E-state index in [1.807, 2.05) is 47.4 Å². The van der Waals surface area contributed by atoms with E-state index in [0.717, 1.165) is 37.1 Å². The number of piperidine rings is 1. The summed E-state index contributed by atoms with van der Waals surface area (Å²) in [5, 5.41) is 5.11. The van der Waals surface area contributed by atoms with Gasteiger partial charge in [-0.05, 0) is 62.6 Å². The van der Waals surface area contributed by atoms with Crippen LogP contribution < -0.4 is 4.74 Å². The van der Waals surface area contributed by atoms with E-state index in [1.165, 1.54) is 0 Å². The van der Waals surface area contributed by atoms with Crippen LogP contribution in [0, 0.1) is 0 Å². The summed E-state index contributed by atoms with van der Waals surface area (Å²) >= 11 is 6.42. The van der Waals surface area contributed by atoms with Crippen molar-refractivity contribution in [3.63, 3.8) is 0 Å². The number of hydrogen-bond acceptors (Lipinski definition) is 4. The highest BCUT2D eigenvalue weighted by Crippen LogP contribution is 2.28. The topological polar surface area (TPSA) is 60.2 Å². The van der Waals surface area contributed by atoms with Crippen LogP contribution in [0.3, 0.4) is 0 Å². The van der Waals surface area contributed by atoms with Gasteiger partial charge >= 0.3 is 0 Å². The van der Waals surface area contributed by atoms with Crippen molar-refractivity contribution in [1.29, 1.82) is 0 Å². The second-order valence-electron chi connectivity index (χ2n) is 7.19. The number of carbonyl (C=O) groups is 1. The minimum atomic E-state index is -0.141. The molecule has 0 spiro atoms. The summed E-state index contributed by atoms with van der Waals surface area (Å²) in [7, 11) is 1.62. The molecule has 1 aliphatic rings. The van der Waals surface area contributed by atoms with Gasteiger partial charge in [-0.2, -0.15) is 0 Å². The molecule has 150 valence electrons. The monoisotopic (exact) mass is 410 g/mol. The Morgan fingerprint density at radius 2 is 1.90 bits per heavy atom. The fraction of sp³-hybridized carbons (Fsp3) is 0.318. The molecule has 2 aromatic carbocycles. The number of hydrogen-bond donors (Lipinski definition) is 0. The lowest BCUT2D eigenvalue weighted by Crippen LogP contribution is -2.42. The summed E-state index contributed by atoms with van der Waals surface area (Å²) in [4.78, 5) is 19.7. The Kier molecular flexibility index (Phi) is 5.53. The van der Waals surface area contributed by atoms with Crippen LogP contribution in [0.25, 0.3) is 17.1 Å². The number of nitrogens with zero attached hydrogens (tertiary/aromatic N) is 4. The Hall–Kier alpha value is -2.86. The molecule has 0 saturated carbocycles. The third-order valence-electron chi connectivity index (χ3n) is 5.29. The van der Waals surface area contributed by atoms with Crippen LogP contribution in [0.2, 0.25) is 5.02 Å². The summed E-state index contributed by atoms with van der Waals surface area (Å²) in [5.74, 6) is 1.35. The van der Waals surface area contributed by atoms with Gasteiger partial charge in [0.15, 0.2) is 5.82 Å². The normalized spacial score (nSPS) is 16.7. The van der Waals surface area contributed by atoms with Gasteiger partial charge in [0.25, 0.3) is 5.91 Å². The molecule has 6 nitrogen and oxygen atoms in total. The Labute approximate surface area is 175 Å². The van der Waals surface area contributed by atoms with Gasteiger partial charge in [-0.25, -0.2) is 9.67 Å². The van der Waals surface area contributed by atoms with Crippen LogP contribution in [0.4, 0.5) is 0 Å². The van der Waals surface area contributed by atoms with Crippen LogP contribution in [-0.4, -0.2) is 45.3 Å². The van der Waals surface area contributed by atoms with Crippen molar-refractivity contribution < 1.29 is 9.53 Å². The third kappa shape index (κ3) is 3.85. The molecule has 1 aliphatic heterocycles. The molecule has 1 fully saturated rings. The maximum atomic E-state index is 13.2. The van der Waals surface area contributed by atoms with E-state index >= 15 is 0 Å². The number of rotatable bonds is 4. The van der Waals surface area contributed by atoms with E-state index in [-0.39, 0.29) is 17.8 Å². The summed E-state index contributed by atoms with van der Waals surface area (Å²) in [6.07, 6.45) is 3.15. The molecular formula is C22H23ClN4O2. The number of para-hydroxylation sites is 1. The zero-order valence-corrected chi connectivity index (χ0v) is 17.3. The second kappa shape index (κ2) is 8.25. The van der Waals surface area contributed by atoms with E-state index in [0.29, 0.717) is 16.5 Å². The number of aromatic nitrogens is 3. The van der Waals surface area contributed by atoms with Gasteiger partial charge in [0.2, 0.25) is 5.82 Å². The molecule has 4 rings (SSSR count). The van der Waals surface area contributed by atoms with Crippen LogP contribution in [0.5, 0.6) is 5.75 Å². The lowest BCUT2D eigenvalue weighted by Gasteiger charge is -2.32. The summed E-state index contributed by atoms with van der Waals surface area (Å²) in [6.45, 7) is 2.81. The number of amides is 1. The number of methoxy groups -OCH3 is 1. The molecule has 1 atom stereocenters. The van der Waals surface area contributed by atoms with Crippen molar-refractivity contribution in [2.24, 2.45) is 0 Å². The first kappa shape index (κ1) is 19.5. The Morgan fingerprint density at radius 3 is 2.59 bits per heavy atom. The third-order valence-corrected chi connectivity index (χ3v) is 5.61. The molecule has 0 radical (unpaired) electrons. The van der Waals surface area contributed by atoms with E-state index in [4.69, 9.17) is 16.3 Å². The van der Waals surface area contributed by atoms with Crippen molar-refractivity contribution in [3.05, 3.63) is 59.4 Å². The van der Waals surface area contributed by atoms with E-state index in [9.17, 15) is 4.79 Å². The lowest BCUT2D eigenvalue weighted by molar-refractivity contribution is 0.0623. The van der Waals surface area contributed by atoms with Crippen LogP contribution in [-0.2, 0) is 0 Å². The van der Waals surface area contributed by atoms with Gasteiger partial charge in [0.05, 0.1) is 17.8 Å². The molecule has 1 aromatic heterocycles. The molecule has 2 heterocycles. The number of likely N-dealkylation sites (tertiary alicyclic amines) is 1. The number of benzene rings is 2. The standard InChI is InChI=1S/C22H23ClN4O2/c1-15-7-5-6-14-26(15)22(28)20-24-21(16-10-12-17(29-2)13-11-16)27(25-20)19-9-4-3-8-18(19)23/h3-4,8-13,15H,5-7,14H2,1-2H3/t15-/m1/s1. The van der Waals surface area contributed by atoms with Gasteiger partial charge in [0.1, 0.15) is 5.75 Å². The minimum Gasteiger partial charge on any atom is -0.497 e. The highest BCUT2D eigenvalue weighted by atomic mass is 35.5. The molecule has 1 amide bonds. The first-order valence-electron chi connectivity index (χ1n) is 9.76. The van der Waals surface area contributed by atoms with Crippen molar-refractivity contribution in [2.45, 2.75) is 32.2 Å². The highest BCUT2D eigenvalue weighted by molar-refractivity contribution is 6.32. The van der Waals surface area contributed by atoms with Crippen molar-refractivity contribution in [1.82, 2.24) is 19.7 Å². The summed E-state index contributed by atoms with van der Waals surface area (Å²) in [6, 6.07) is 15.1. The van der Waals surface area contributed by atoms with Crippen molar-refractivity contribution >= 4 is 17.5 Å². The van der Waals surface area contributed by atoms with Gasteiger partial charge in [-0.1, -0.05) is 23.7 Å². The van der Waals surface area contributed by atoms with E-state index < -0.39 is 0 Å². The van der Waals surface area contributed by atoms with Gasteiger partial charge in [-0.15, -0.1) is 5.10 Å². The molecule has 3 aromatic rings. The minimum absolute atomic E-state index is 0.141. The molecule has 0 unspecified atom stereocenters. The molecular weight excluding hydrogens is 388 g/mol. The fourth-order valence-corrected chi connectivity index (χ4v) is 3.87. The van der Waals surface area contributed by atoms with Gasteiger partial charge in [-0.3, -0.25) is 4.79 Å². The van der Waals surface area contributed by atoms with Crippen molar-refractivity contribution in [3.8, 4) is 22.8 Å². The fourth-order valence-electron chi connectivity index (χ4n) is 3.65. The highest BCUT2D eigenvalue weighted by Gasteiger charge is 2.28. The lowest BCUT2D eigenvalue weighted by atomic mass is 10.0. The predicted octanol–water partition coefficient (Wildman–Crippen LogP) is 4.61. The van der Waals surface area contributed by atoms with Crippen LogP contribution in [0.15, 0.2) is 48.5 Å². The zero-order chi connectivity index (χ0) is 20.4. The van der Waals surface area contributed by atoms with Crippen LogP contribution >= 0.6 is 11.6 Å². The van der Waals surface area contributed by atoms with E-state index in [1.54, 1.807) is 17.9 Å². The summed E-state index contributed by atoms with van der Waals surface area (Å²) < 4.78 is 6.89. The summed E-state index contributed by atoms with van der Waals surface area (Å²) in [5.41, 5.74) is 1.50. The zero-order valence-electron chi connectivity index (χ0n) is 16.5. The van der Waals surface area contributed by atoms with Crippen LogP contribution in [0.1, 0.15) is 36.8 Å². The second-order valence-corrected chi connectivity index (χ2v) is 7.60. The average Bonchev–Trinajstić information content (AvgIpc) is 3.19. The van der Waals surface area contributed by atoms with E-state index in [2.05, 4.69) is 17.0 Å². The first-order chi connectivity index (χ1) is 14.1. The maximum Gasteiger partial charge on any atom is 0.293 e. The Bertz CT molecular complexity index is 1020. The SMILES string of the molecule is COc1ccc(-c2nc(C(=O)N3CCCC[C@H]3C)nn2-c2ccccc2Cl)cc1.